The molecule has 1 aliphatic heterocycles. The molecular formula is C15H16ClN3O2. The van der Waals surface area contributed by atoms with Crippen molar-refractivity contribution in [3.8, 4) is 5.69 Å². The van der Waals surface area contributed by atoms with Crippen LogP contribution >= 0.6 is 11.6 Å². The van der Waals surface area contributed by atoms with Crippen LogP contribution in [0.25, 0.3) is 5.69 Å². The maximum atomic E-state index is 12.1. The summed E-state index contributed by atoms with van der Waals surface area (Å²) in [7, 11) is 0. The minimum absolute atomic E-state index is 0.0328. The van der Waals surface area contributed by atoms with Crippen LogP contribution in [0.15, 0.2) is 36.7 Å². The number of nitrogens with one attached hydrogen (secondary N) is 1. The Morgan fingerprint density at radius 1 is 1.52 bits per heavy atom. The average Bonchev–Trinajstić information content (AvgIpc) is 3.13. The highest BCUT2D eigenvalue weighted by molar-refractivity contribution is 6.30. The molecule has 110 valence electrons. The third-order valence-electron chi connectivity index (χ3n) is 3.42. The molecular weight excluding hydrogens is 290 g/mol. The number of hydrogen-bond donors (Lipinski definition) is 1. The van der Waals surface area contributed by atoms with E-state index in [1.165, 1.54) is 0 Å². The van der Waals surface area contributed by atoms with Gasteiger partial charge in [0.15, 0.2) is 0 Å². The van der Waals surface area contributed by atoms with Crippen LogP contribution in [-0.4, -0.2) is 28.4 Å². The number of carbonyl (C=O) groups excluding carboxylic acids is 1. The Kier molecular flexibility index (Phi) is 4.22. The lowest BCUT2D eigenvalue weighted by molar-refractivity contribution is -0.118. The van der Waals surface area contributed by atoms with Gasteiger partial charge in [0.25, 0.3) is 0 Å². The van der Waals surface area contributed by atoms with Gasteiger partial charge >= 0.3 is 0 Å². The normalized spacial score (nSPS) is 17.9. The van der Waals surface area contributed by atoms with Crippen molar-refractivity contribution in [2.24, 2.45) is 0 Å². The molecule has 2 aromatic rings. The predicted octanol–water partition coefficient (Wildman–Crippen LogP) is 3.03. The van der Waals surface area contributed by atoms with Gasteiger partial charge in [-0.15, -0.1) is 0 Å². The molecule has 0 saturated carbocycles. The first-order chi connectivity index (χ1) is 10.2. The number of ether oxygens (including phenoxy) is 1. The van der Waals surface area contributed by atoms with Crippen molar-refractivity contribution in [3.63, 3.8) is 0 Å². The standard InChI is InChI=1S/C15H16ClN3O2/c16-11-4-5-13(14(9-11)19-7-2-6-17-19)18-15(20)10-12-3-1-8-21-12/h2,4-7,9,12H,1,3,8,10H2,(H,18,20)/t12-/m0/s1. The minimum atomic E-state index is -0.0578. The molecule has 1 aliphatic rings. The number of hydrogen-bond acceptors (Lipinski definition) is 3. The highest BCUT2D eigenvalue weighted by Gasteiger charge is 2.19. The van der Waals surface area contributed by atoms with Crippen molar-refractivity contribution in [1.82, 2.24) is 9.78 Å². The Bertz CT molecular complexity index is 622. The smallest absolute Gasteiger partial charge is 0.227 e. The lowest BCUT2D eigenvalue weighted by atomic mass is 10.1. The first-order valence-corrected chi connectivity index (χ1v) is 7.31. The molecule has 21 heavy (non-hydrogen) atoms. The summed E-state index contributed by atoms with van der Waals surface area (Å²) in [6.07, 6.45) is 5.87. The van der Waals surface area contributed by atoms with Crippen LogP contribution in [0.3, 0.4) is 0 Å². The maximum Gasteiger partial charge on any atom is 0.227 e. The van der Waals surface area contributed by atoms with Crippen molar-refractivity contribution in [1.29, 1.82) is 0 Å². The van der Waals surface area contributed by atoms with E-state index >= 15 is 0 Å². The highest BCUT2D eigenvalue weighted by atomic mass is 35.5. The zero-order chi connectivity index (χ0) is 14.7. The summed E-state index contributed by atoms with van der Waals surface area (Å²) >= 11 is 6.03. The first kappa shape index (κ1) is 14.1. The van der Waals surface area contributed by atoms with Crippen LogP contribution < -0.4 is 5.32 Å². The Balaban J connectivity index is 1.77. The van der Waals surface area contributed by atoms with Crippen molar-refractivity contribution in [2.75, 3.05) is 11.9 Å². The van der Waals surface area contributed by atoms with E-state index in [2.05, 4.69) is 10.4 Å². The number of amides is 1. The second-order valence-electron chi connectivity index (χ2n) is 5.00. The van der Waals surface area contributed by atoms with Crippen LogP contribution in [0, 0.1) is 0 Å². The molecule has 3 rings (SSSR count). The van der Waals surface area contributed by atoms with Gasteiger partial charge in [0.05, 0.1) is 23.9 Å². The van der Waals surface area contributed by atoms with E-state index in [-0.39, 0.29) is 12.0 Å². The fraction of sp³-hybridized carbons (Fsp3) is 0.333. The van der Waals surface area contributed by atoms with E-state index < -0.39 is 0 Å². The molecule has 2 heterocycles. The zero-order valence-corrected chi connectivity index (χ0v) is 12.2. The minimum Gasteiger partial charge on any atom is -0.378 e. The van der Waals surface area contributed by atoms with Gasteiger partial charge in [-0.3, -0.25) is 4.79 Å². The monoisotopic (exact) mass is 305 g/mol. The van der Waals surface area contributed by atoms with E-state index in [1.807, 2.05) is 6.07 Å². The van der Waals surface area contributed by atoms with E-state index in [1.54, 1.807) is 35.3 Å². The molecule has 0 spiro atoms. The average molecular weight is 306 g/mol. The van der Waals surface area contributed by atoms with Crippen molar-refractivity contribution >= 4 is 23.2 Å². The van der Waals surface area contributed by atoms with E-state index in [4.69, 9.17) is 16.3 Å². The van der Waals surface area contributed by atoms with Crippen molar-refractivity contribution in [2.45, 2.75) is 25.4 Å². The predicted molar refractivity (Wildman–Crippen MR) is 80.8 cm³/mol. The Labute approximate surface area is 127 Å². The number of anilines is 1. The number of nitrogens with zero attached hydrogens (tertiary/aromatic N) is 2. The molecule has 1 aromatic carbocycles. The molecule has 1 saturated heterocycles. The fourth-order valence-electron chi connectivity index (χ4n) is 2.42. The molecule has 1 N–H and O–H groups in total. The van der Waals surface area contributed by atoms with Crippen LogP contribution in [0.5, 0.6) is 0 Å². The highest BCUT2D eigenvalue weighted by Crippen LogP contribution is 2.25. The summed E-state index contributed by atoms with van der Waals surface area (Å²) in [6.45, 7) is 0.747. The molecule has 0 bridgehead atoms. The zero-order valence-electron chi connectivity index (χ0n) is 11.5. The number of aromatic nitrogens is 2. The summed E-state index contributed by atoms with van der Waals surface area (Å²) in [5.74, 6) is -0.0578. The van der Waals surface area contributed by atoms with Crippen LogP contribution in [0.4, 0.5) is 5.69 Å². The Morgan fingerprint density at radius 2 is 2.43 bits per heavy atom. The third-order valence-corrected chi connectivity index (χ3v) is 3.66. The van der Waals surface area contributed by atoms with Gasteiger partial charge < -0.3 is 10.1 Å². The fourth-order valence-corrected chi connectivity index (χ4v) is 2.59. The number of halogens is 1. The Hall–Kier alpha value is -1.85. The summed E-state index contributed by atoms with van der Waals surface area (Å²) in [4.78, 5) is 12.1. The molecule has 1 amide bonds. The lowest BCUT2D eigenvalue weighted by Crippen LogP contribution is -2.20. The van der Waals surface area contributed by atoms with E-state index in [0.29, 0.717) is 17.1 Å². The second-order valence-corrected chi connectivity index (χ2v) is 5.44. The van der Waals surface area contributed by atoms with Gasteiger partial charge in [0.1, 0.15) is 0 Å². The molecule has 5 nitrogen and oxygen atoms in total. The number of benzene rings is 1. The second kappa shape index (κ2) is 6.28. The van der Waals surface area contributed by atoms with Crippen LogP contribution in [0.2, 0.25) is 5.02 Å². The van der Waals surface area contributed by atoms with Gasteiger partial charge in [-0.25, -0.2) is 4.68 Å². The molecule has 1 atom stereocenters. The largest absolute Gasteiger partial charge is 0.378 e. The first-order valence-electron chi connectivity index (χ1n) is 6.93. The maximum absolute atomic E-state index is 12.1. The van der Waals surface area contributed by atoms with Gasteiger partial charge in [-0.2, -0.15) is 5.10 Å². The van der Waals surface area contributed by atoms with Gasteiger partial charge in [-0.05, 0) is 37.1 Å². The molecule has 1 fully saturated rings. The summed E-state index contributed by atoms with van der Waals surface area (Å²) in [5.41, 5.74) is 1.43. The van der Waals surface area contributed by atoms with Crippen LogP contribution in [0.1, 0.15) is 19.3 Å². The molecule has 1 aromatic heterocycles. The Morgan fingerprint density at radius 3 is 3.14 bits per heavy atom. The van der Waals surface area contributed by atoms with Crippen molar-refractivity contribution in [3.05, 3.63) is 41.7 Å². The number of rotatable bonds is 4. The van der Waals surface area contributed by atoms with Gasteiger partial charge in [0.2, 0.25) is 5.91 Å². The summed E-state index contributed by atoms with van der Waals surface area (Å²) in [5, 5.41) is 7.69. The molecule has 0 aliphatic carbocycles. The van der Waals surface area contributed by atoms with Gasteiger partial charge in [0, 0.05) is 24.0 Å². The van der Waals surface area contributed by atoms with Gasteiger partial charge in [-0.1, -0.05) is 11.6 Å². The number of carbonyl (C=O) groups is 1. The SMILES string of the molecule is O=C(C[C@@H]1CCCO1)Nc1ccc(Cl)cc1-n1cccn1. The summed E-state index contributed by atoms with van der Waals surface area (Å²) in [6, 6.07) is 7.12. The quantitative estimate of drug-likeness (QED) is 0.944. The van der Waals surface area contributed by atoms with Crippen LogP contribution in [-0.2, 0) is 9.53 Å². The lowest BCUT2D eigenvalue weighted by Gasteiger charge is -2.13. The van der Waals surface area contributed by atoms with Crippen molar-refractivity contribution < 1.29 is 9.53 Å². The summed E-state index contributed by atoms with van der Waals surface area (Å²) < 4.78 is 7.16. The topological polar surface area (TPSA) is 56.1 Å². The molecule has 0 unspecified atom stereocenters. The molecule has 0 radical (unpaired) electrons. The van der Waals surface area contributed by atoms with E-state index in [0.717, 1.165) is 25.1 Å². The van der Waals surface area contributed by atoms with E-state index in [9.17, 15) is 4.79 Å². The third kappa shape index (κ3) is 3.43. The molecule has 6 heteroatoms.